The number of ketones is 1. The number of benzene rings is 1. The van der Waals surface area contributed by atoms with Gasteiger partial charge in [0, 0.05) is 25.1 Å². The number of carbonyl (C=O) groups excluding carboxylic acids is 2. The number of carbonyl (C=O) groups is 2. The molecule has 0 bridgehead atoms. The molecule has 0 N–H and O–H groups in total. The van der Waals surface area contributed by atoms with Crippen molar-refractivity contribution < 1.29 is 18.9 Å². The molecule has 1 amide bonds. The molecule has 0 radical (unpaired) electrons. The van der Waals surface area contributed by atoms with Crippen LogP contribution in [0.2, 0.25) is 0 Å². The molecule has 2 rings (SSSR count). The van der Waals surface area contributed by atoms with Crippen molar-refractivity contribution in [3.63, 3.8) is 0 Å². The normalized spacial score (nSPS) is 17.8. The molecule has 1 fully saturated rings. The summed E-state index contributed by atoms with van der Waals surface area (Å²) in [6.45, 7) is 1.92. The molecule has 1 saturated heterocycles. The second-order valence-electron chi connectivity index (χ2n) is 5.12. The Morgan fingerprint density at radius 1 is 1.48 bits per heavy atom. The lowest BCUT2D eigenvalue weighted by Gasteiger charge is -2.24. The molecule has 112 valence electrons. The van der Waals surface area contributed by atoms with Gasteiger partial charge in [-0.3, -0.25) is 19.7 Å². The predicted molar refractivity (Wildman–Crippen MR) is 72.4 cm³/mol. The number of hydrogen-bond donors (Lipinski definition) is 0. The summed E-state index contributed by atoms with van der Waals surface area (Å²) in [6, 6.07) is 2.75. The summed E-state index contributed by atoms with van der Waals surface area (Å²) in [5.41, 5.74) is -0.596. The van der Waals surface area contributed by atoms with E-state index in [4.69, 9.17) is 0 Å². The summed E-state index contributed by atoms with van der Waals surface area (Å²) in [5, 5.41) is 10.6. The first-order chi connectivity index (χ1) is 9.90. The Labute approximate surface area is 120 Å². The monoisotopic (exact) mass is 294 g/mol. The molecule has 0 spiro atoms. The first-order valence-electron chi connectivity index (χ1n) is 6.64. The number of nitrogens with zero attached hydrogens (tertiary/aromatic N) is 2. The van der Waals surface area contributed by atoms with Crippen LogP contribution in [-0.2, 0) is 4.79 Å². The van der Waals surface area contributed by atoms with Crippen LogP contribution in [0.25, 0.3) is 0 Å². The molecular formula is C14H15FN2O4. The summed E-state index contributed by atoms with van der Waals surface area (Å²) in [6.07, 6.45) is 1.72. The Bertz CT molecular complexity index is 603. The van der Waals surface area contributed by atoms with Crippen LogP contribution in [0.3, 0.4) is 0 Å². The summed E-state index contributed by atoms with van der Waals surface area (Å²) >= 11 is 0. The van der Waals surface area contributed by atoms with Gasteiger partial charge in [0.15, 0.2) is 0 Å². The van der Waals surface area contributed by atoms with Gasteiger partial charge in [-0.15, -0.1) is 0 Å². The third-order valence-corrected chi connectivity index (χ3v) is 3.55. The highest BCUT2D eigenvalue weighted by Crippen LogP contribution is 2.25. The van der Waals surface area contributed by atoms with Gasteiger partial charge in [0.05, 0.1) is 16.6 Å². The van der Waals surface area contributed by atoms with Gasteiger partial charge in [-0.2, -0.15) is 0 Å². The number of rotatable bonds is 4. The van der Waals surface area contributed by atoms with Crippen LogP contribution >= 0.6 is 0 Å². The highest BCUT2D eigenvalue weighted by Gasteiger charge is 2.31. The third-order valence-electron chi connectivity index (χ3n) is 3.55. The zero-order chi connectivity index (χ0) is 15.6. The van der Waals surface area contributed by atoms with Gasteiger partial charge >= 0.3 is 0 Å². The minimum atomic E-state index is -0.914. The second-order valence-corrected chi connectivity index (χ2v) is 5.12. The van der Waals surface area contributed by atoms with Crippen LogP contribution in [0.15, 0.2) is 18.2 Å². The molecule has 0 aromatic heterocycles. The molecular weight excluding hydrogens is 279 g/mol. The van der Waals surface area contributed by atoms with E-state index in [-0.39, 0.29) is 23.8 Å². The standard InChI is InChI=1S/C14H15FN2O4/c1-9(18)7-10-3-2-6-16(10)14(19)12-5-4-11(17(20)21)8-13(12)15/h4-5,8,10H,2-3,6-7H2,1H3. The van der Waals surface area contributed by atoms with Crippen LogP contribution in [0, 0.1) is 15.9 Å². The maximum absolute atomic E-state index is 13.9. The number of amides is 1. The Hall–Kier alpha value is -2.31. The molecule has 0 saturated carbocycles. The fourth-order valence-corrected chi connectivity index (χ4v) is 2.59. The number of hydrogen-bond acceptors (Lipinski definition) is 4. The van der Waals surface area contributed by atoms with Gasteiger partial charge in [0.1, 0.15) is 11.6 Å². The summed E-state index contributed by atoms with van der Waals surface area (Å²) in [5.74, 6) is -1.46. The topological polar surface area (TPSA) is 80.5 Å². The van der Waals surface area contributed by atoms with Crippen LogP contribution in [0.1, 0.15) is 36.5 Å². The minimum Gasteiger partial charge on any atom is -0.335 e. The average molecular weight is 294 g/mol. The summed E-state index contributed by atoms with van der Waals surface area (Å²) < 4.78 is 13.9. The molecule has 1 aliphatic rings. The number of likely N-dealkylation sites (tertiary alicyclic amines) is 1. The fraction of sp³-hybridized carbons (Fsp3) is 0.429. The molecule has 0 aliphatic carbocycles. The van der Waals surface area contributed by atoms with Crippen molar-refractivity contribution in [1.29, 1.82) is 0 Å². The average Bonchev–Trinajstić information content (AvgIpc) is 2.85. The first kappa shape index (κ1) is 15.1. The molecule has 1 heterocycles. The van der Waals surface area contributed by atoms with Crippen molar-refractivity contribution in [3.05, 3.63) is 39.7 Å². The molecule has 1 aromatic carbocycles. The van der Waals surface area contributed by atoms with Crippen molar-refractivity contribution in [2.24, 2.45) is 0 Å². The summed E-state index contributed by atoms with van der Waals surface area (Å²) in [7, 11) is 0. The van der Waals surface area contributed by atoms with Crippen molar-refractivity contribution in [3.8, 4) is 0 Å². The molecule has 21 heavy (non-hydrogen) atoms. The molecule has 7 heteroatoms. The van der Waals surface area contributed by atoms with E-state index >= 15 is 0 Å². The van der Waals surface area contributed by atoms with Gasteiger partial charge in [-0.25, -0.2) is 4.39 Å². The highest BCUT2D eigenvalue weighted by atomic mass is 19.1. The molecule has 1 aromatic rings. The van der Waals surface area contributed by atoms with Crippen molar-refractivity contribution in [1.82, 2.24) is 4.90 Å². The number of nitro benzene ring substituents is 1. The van der Waals surface area contributed by atoms with Gasteiger partial charge in [-0.1, -0.05) is 0 Å². The van der Waals surface area contributed by atoms with E-state index in [1.807, 2.05) is 0 Å². The van der Waals surface area contributed by atoms with E-state index in [0.29, 0.717) is 13.0 Å². The molecule has 6 nitrogen and oxygen atoms in total. The number of Topliss-reactive ketones (excluding diaryl/α,β-unsaturated/α-hetero) is 1. The van der Waals surface area contributed by atoms with E-state index in [9.17, 15) is 24.1 Å². The second kappa shape index (κ2) is 5.99. The molecule has 1 unspecified atom stereocenters. The zero-order valence-electron chi connectivity index (χ0n) is 11.5. The number of non-ortho nitro benzene ring substituents is 1. The first-order valence-corrected chi connectivity index (χ1v) is 6.64. The largest absolute Gasteiger partial charge is 0.335 e. The van der Waals surface area contributed by atoms with Gasteiger partial charge in [0.2, 0.25) is 0 Å². The Kier molecular flexibility index (Phi) is 4.30. The van der Waals surface area contributed by atoms with Crippen LogP contribution in [0.4, 0.5) is 10.1 Å². The molecule has 1 atom stereocenters. The van der Waals surface area contributed by atoms with Crippen molar-refractivity contribution >= 4 is 17.4 Å². The van der Waals surface area contributed by atoms with Crippen molar-refractivity contribution in [2.75, 3.05) is 6.54 Å². The lowest BCUT2D eigenvalue weighted by molar-refractivity contribution is -0.385. The van der Waals surface area contributed by atoms with E-state index in [2.05, 4.69) is 0 Å². The van der Waals surface area contributed by atoms with E-state index in [0.717, 1.165) is 24.6 Å². The predicted octanol–water partition coefficient (Wildman–Crippen LogP) is 2.32. The van der Waals surface area contributed by atoms with E-state index < -0.39 is 22.3 Å². The van der Waals surface area contributed by atoms with Crippen LogP contribution in [0.5, 0.6) is 0 Å². The van der Waals surface area contributed by atoms with Gasteiger partial charge in [-0.05, 0) is 25.8 Å². The maximum Gasteiger partial charge on any atom is 0.272 e. The lowest BCUT2D eigenvalue weighted by Crippen LogP contribution is -2.37. The van der Waals surface area contributed by atoms with Crippen LogP contribution in [-0.4, -0.2) is 34.1 Å². The SMILES string of the molecule is CC(=O)CC1CCCN1C(=O)c1ccc([N+](=O)[O-])cc1F. The number of nitro groups is 1. The smallest absolute Gasteiger partial charge is 0.272 e. The van der Waals surface area contributed by atoms with E-state index in [1.54, 1.807) is 0 Å². The van der Waals surface area contributed by atoms with Crippen molar-refractivity contribution in [2.45, 2.75) is 32.2 Å². The highest BCUT2D eigenvalue weighted by molar-refractivity contribution is 5.95. The summed E-state index contributed by atoms with van der Waals surface area (Å²) in [4.78, 5) is 34.9. The third kappa shape index (κ3) is 3.24. The Morgan fingerprint density at radius 2 is 2.19 bits per heavy atom. The lowest BCUT2D eigenvalue weighted by atomic mass is 10.1. The Balaban J connectivity index is 2.23. The zero-order valence-corrected chi connectivity index (χ0v) is 11.5. The Morgan fingerprint density at radius 3 is 2.76 bits per heavy atom. The molecule has 1 aliphatic heterocycles. The van der Waals surface area contributed by atoms with Gasteiger partial charge in [0.25, 0.3) is 11.6 Å². The van der Waals surface area contributed by atoms with Gasteiger partial charge < -0.3 is 4.90 Å². The van der Waals surface area contributed by atoms with E-state index in [1.165, 1.54) is 11.8 Å². The fourth-order valence-electron chi connectivity index (χ4n) is 2.59. The van der Waals surface area contributed by atoms with Crippen LogP contribution < -0.4 is 0 Å². The maximum atomic E-state index is 13.9. The minimum absolute atomic E-state index is 0.0242. The quantitative estimate of drug-likeness (QED) is 0.630. The number of halogens is 1.